The number of aryl methyl sites for hydroxylation is 1. The Morgan fingerprint density at radius 2 is 1.95 bits per heavy atom. The van der Waals surface area contributed by atoms with Crippen molar-refractivity contribution in [2.45, 2.75) is 11.4 Å². The van der Waals surface area contributed by atoms with Crippen molar-refractivity contribution in [3.63, 3.8) is 0 Å². The third-order valence-electron chi connectivity index (χ3n) is 2.81. The Labute approximate surface area is 121 Å². The molecule has 0 fully saturated rings. The van der Waals surface area contributed by atoms with Crippen molar-refractivity contribution < 1.29 is 8.42 Å². The largest absolute Gasteiger partial charge is 0.398 e. The first-order valence-electron chi connectivity index (χ1n) is 5.83. The molecule has 0 bridgehead atoms. The molecular weight excluding hydrogens is 300 g/mol. The number of nitrogen functional groups attached to an aromatic ring is 1. The van der Waals surface area contributed by atoms with Crippen molar-refractivity contribution >= 4 is 27.1 Å². The zero-order valence-electron chi connectivity index (χ0n) is 10.5. The van der Waals surface area contributed by atoms with Gasteiger partial charge in [0.25, 0.3) is 5.56 Å². The molecular formula is C13H13ClN2O3S. The van der Waals surface area contributed by atoms with Gasteiger partial charge in [-0.1, -0.05) is 17.7 Å². The summed E-state index contributed by atoms with van der Waals surface area (Å²) in [5, 5.41) is 0.376. The van der Waals surface area contributed by atoms with E-state index in [-0.39, 0.29) is 28.4 Å². The molecule has 1 aromatic carbocycles. The lowest BCUT2D eigenvalue weighted by Gasteiger charge is -2.09. The summed E-state index contributed by atoms with van der Waals surface area (Å²) >= 11 is 5.74. The number of sulfone groups is 1. The first-order chi connectivity index (χ1) is 9.40. The van der Waals surface area contributed by atoms with Gasteiger partial charge in [-0.2, -0.15) is 0 Å². The number of nitrogens with two attached hydrogens (primary N) is 1. The highest BCUT2D eigenvalue weighted by atomic mass is 35.5. The smallest absolute Gasteiger partial charge is 0.250 e. The maximum atomic E-state index is 12.2. The highest BCUT2D eigenvalue weighted by Crippen LogP contribution is 2.23. The predicted molar refractivity (Wildman–Crippen MR) is 78.6 cm³/mol. The molecule has 20 heavy (non-hydrogen) atoms. The van der Waals surface area contributed by atoms with Crippen LogP contribution in [0.3, 0.4) is 0 Å². The van der Waals surface area contributed by atoms with Crippen LogP contribution in [0.4, 0.5) is 5.69 Å². The van der Waals surface area contributed by atoms with Gasteiger partial charge in [-0.05, 0) is 24.3 Å². The Hall–Kier alpha value is -1.79. The van der Waals surface area contributed by atoms with Crippen LogP contribution in [0.15, 0.2) is 52.3 Å². The summed E-state index contributed by atoms with van der Waals surface area (Å²) in [6, 6.07) is 8.89. The fourth-order valence-electron chi connectivity index (χ4n) is 1.78. The summed E-state index contributed by atoms with van der Waals surface area (Å²) in [6.45, 7) is 0.0735. The Morgan fingerprint density at radius 1 is 1.20 bits per heavy atom. The van der Waals surface area contributed by atoms with E-state index >= 15 is 0 Å². The van der Waals surface area contributed by atoms with Crippen LogP contribution in [0.1, 0.15) is 0 Å². The molecule has 0 spiro atoms. The van der Waals surface area contributed by atoms with Gasteiger partial charge < -0.3 is 10.3 Å². The number of anilines is 1. The van der Waals surface area contributed by atoms with Crippen LogP contribution in [-0.4, -0.2) is 18.7 Å². The molecule has 5 nitrogen and oxygen atoms in total. The molecule has 2 N–H and O–H groups in total. The SMILES string of the molecule is Nc1cc(Cl)ccc1S(=O)(=O)CCn1ccccc1=O. The van der Waals surface area contributed by atoms with Crippen LogP contribution in [0.5, 0.6) is 0 Å². The van der Waals surface area contributed by atoms with Crippen LogP contribution in [-0.2, 0) is 16.4 Å². The molecule has 0 saturated carbocycles. The molecule has 106 valence electrons. The summed E-state index contributed by atoms with van der Waals surface area (Å²) in [4.78, 5) is 11.5. The maximum absolute atomic E-state index is 12.2. The van der Waals surface area contributed by atoms with Crippen LogP contribution < -0.4 is 11.3 Å². The minimum absolute atomic E-state index is 0.0332. The molecule has 2 rings (SSSR count). The molecule has 1 heterocycles. The molecule has 0 aliphatic rings. The number of aromatic nitrogens is 1. The van der Waals surface area contributed by atoms with Crippen molar-refractivity contribution in [1.29, 1.82) is 0 Å². The van der Waals surface area contributed by atoms with E-state index in [0.717, 1.165) is 0 Å². The summed E-state index contributed by atoms with van der Waals surface area (Å²) in [6.07, 6.45) is 1.54. The van der Waals surface area contributed by atoms with Crippen LogP contribution >= 0.6 is 11.6 Å². The van der Waals surface area contributed by atoms with E-state index in [0.29, 0.717) is 5.02 Å². The first-order valence-corrected chi connectivity index (χ1v) is 7.86. The van der Waals surface area contributed by atoms with E-state index in [1.54, 1.807) is 18.3 Å². The molecule has 0 amide bonds. The highest BCUT2D eigenvalue weighted by molar-refractivity contribution is 7.91. The van der Waals surface area contributed by atoms with E-state index in [1.807, 2.05) is 0 Å². The fraction of sp³-hybridized carbons (Fsp3) is 0.154. The van der Waals surface area contributed by atoms with Gasteiger partial charge in [-0.15, -0.1) is 0 Å². The number of halogens is 1. The second-order valence-corrected chi connectivity index (χ2v) is 6.75. The van der Waals surface area contributed by atoms with Gasteiger partial charge in [0.1, 0.15) is 0 Å². The minimum atomic E-state index is -3.57. The van der Waals surface area contributed by atoms with E-state index in [9.17, 15) is 13.2 Å². The van der Waals surface area contributed by atoms with Crippen molar-refractivity contribution in [2.24, 2.45) is 0 Å². The zero-order chi connectivity index (χ0) is 14.8. The Balaban J connectivity index is 2.24. The third-order valence-corrected chi connectivity index (χ3v) is 4.80. The predicted octanol–water partition coefficient (Wildman–Crippen LogP) is 1.56. The summed E-state index contributed by atoms with van der Waals surface area (Å²) in [5.41, 5.74) is 5.54. The summed E-state index contributed by atoms with van der Waals surface area (Å²) in [5.74, 6) is -0.206. The fourth-order valence-corrected chi connectivity index (χ4v) is 3.31. The lowest BCUT2D eigenvalue weighted by molar-refractivity contribution is 0.587. The van der Waals surface area contributed by atoms with Crippen LogP contribution in [0.2, 0.25) is 5.02 Å². The first kappa shape index (κ1) is 14.6. The van der Waals surface area contributed by atoms with Gasteiger partial charge in [0.05, 0.1) is 16.3 Å². The molecule has 0 saturated heterocycles. The molecule has 7 heteroatoms. The molecule has 0 radical (unpaired) electrons. The minimum Gasteiger partial charge on any atom is -0.398 e. The second kappa shape index (κ2) is 5.68. The average Bonchev–Trinajstić information content (AvgIpc) is 2.37. The number of pyridine rings is 1. The number of hydrogen-bond donors (Lipinski definition) is 1. The van der Waals surface area contributed by atoms with Crippen LogP contribution in [0, 0.1) is 0 Å². The highest BCUT2D eigenvalue weighted by Gasteiger charge is 2.18. The summed E-state index contributed by atoms with van der Waals surface area (Å²) < 4.78 is 25.8. The van der Waals surface area contributed by atoms with Gasteiger partial charge in [0.15, 0.2) is 9.84 Å². The molecule has 0 atom stereocenters. The van der Waals surface area contributed by atoms with Gasteiger partial charge in [0, 0.05) is 23.8 Å². The van der Waals surface area contributed by atoms with Crippen molar-refractivity contribution in [1.82, 2.24) is 4.57 Å². The number of nitrogens with zero attached hydrogens (tertiary/aromatic N) is 1. The lowest BCUT2D eigenvalue weighted by Crippen LogP contribution is -2.23. The lowest BCUT2D eigenvalue weighted by atomic mass is 10.3. The Kier molecular flexibility index (Phi) is 4.15. The molecule has 0 aliphatic carbocycles. The molecule has 1 aromatic heterocycles. The maximum Gasteiger partial charge on any atom is 0.250 e. The second-order valence-electron chi connectivity index (χ2n) is 4.23. The quantitative estimate of drug-likeness (QED) is 0.869. The number of hydrogen-bond acceptors (Lipinski definition) is 4. The summed E-state index contributed by atoms with van der Waals surface area (Å²) in [7, 11) is -3.57. The Bertz CT molecular complexity index is 784. The number of rotatable bonds is 4. The van der Waals surface area contributed by atoms with Crippen molar-refractivity contribution in [3.8, 4) is 0 Å². The van der Waals surface area contributed by atoms with E-state index in [1.165, 1.54) is 28.8 Å². The third kappa shape index (κ3) is 3.20. The molecule has 0 unspecified atom stereocenters. The van der Waals surface area contributed by atoms with Crippen molar-refractivity contribution in [3.05, 3.63) is 58.0 Å². The average molecular weight is 313 g/mol. The topological polar surface area (TPSA) is 82.2 Å². The van der Waals surface area contributed by atoms with E-state index in [2.05, 4.69) is 0 Å². The Morgan fingerprint density at radius 3 is 2.60 bits per heavy atom. The normalized spacial score (nSPS) is 11.4. The van der Waals surface area contributed by atoms with Gasteiger partial charge in [-0.25, -0.2) is 8.42 Å². The molecule has 0 aliphatic heterocycles. The molecule has 2 aromatic rings. The number of benzene rings is 1. The van der Waals surface area contributed by atoms with E-state index in [4.69, 9.17) is 17.3 Å². The standard InChI is InChI=1S/C13H13ClN2O3S/c14-10-4-5-12(11(15)9-10)20(18,19)8-7-16-6-2-1-3-13(16)17/h1-6,9H,7-8,15H2. The van der Waals surface area contributed by atoms with Gasteiger partial charge >= 0.3 is 0 Å². The zero-order valence-corrected chi connectivity index (χ0v) is 12.1. The van der Waals surface area contributed by atoms with Crippen LogP contribution in [0.25, 0.3) is 0 Å². The van der Waals surface area contributed by atoms with Gasteiger partial charge in [-0.3, -0.25) is 4.79 Å². The monoisotopic (exact) mass is 312 g/mol. The van der Waals surface area contributed by atoms with E-state index < -0.39 is 9.84 Å². The van der Waals surface area contributed by atoms with Gasteiger partial charge in [0.2, 0.25) is 0 Å². The van der Waals surface area contributed by atoms with Crippen molar-refractivity contribution in [2.75, 3.05) is 11.5 Å².